The van der Waals surface area contributed by atoms with Gasteiger partial charge < -0.3 is 0 Å². The fourth-order valence-corrected chi connectivity index (χ4v) is 2.84. The fraction of sp³-hybridized carbons (Fsp3) is 1.00. The first-order valence-electron chi connectivity index (χ1n) is 7.81. The summed E-state index contributed by atoms with van der Waals surface area (Å²) in [5.74, 6) is -78.9. The number of hydrogen-bond donors (Lipinski definition) is 0. The first-order valence-corrected chi connectivity index (χ1v) is 10.2. The van der Waals surface area contributed by atoms with Gasteiger partial charge >= 0.3 is 59.5 Å². The summed E-state index contributed by atoms with van der Waals surface area (Å²) in [6.45, 7) is -0.787. The Kier molecular flexibility index (Phi) is 8.35. The maximum absolute atomic E-state index is 13.6. The lowest BCUT2D eigenvalue weighted by molar-refractivity contribution is -0.474. The predicted octanol–water partition coefficient (Wildman–Crippen LogP) is 7.22. The third-order valence-corrected chi connectivity index (χ3v) is 6.41. The Morgan fingerprint density at radius 2 is 0.622 bits per heavy atom. The quantitative estimate of drug-likeness (QED) is 0.186. The lowest BCUT2D eigenvalue weighted by atomic mass is 9.86. The molecule has 224 valence electrons. The highest BCUT2D eigenvalue weighted by Crippen LogP contribution is 2.66. The number of alkyl halides is 21. The van der Waals surface area contributed by atoms with Crippen LogP contribution >= 0.6 is 10.7 Å². The van der Waals surface area contributed by atoms with Crippen LogP contribution in [0.2, 0.25) is 0 Å². The third-order valence-electron chi connectivity index (χ3n) is 4.47. The van der Waals surface area contributed by atoms with Crippen molar-refractivity contribution in [2.24, 2.45) is 0 Å². The molecule has 0 bridgehead atoms. The molecule has 0 heterocycles. The van der Waals surface area contributed by atoms with Gasteiger partial charge in [0.1, 0.15) is 5.25 Å². The van der Waals surface area contributed by atoms with E-state index in [1.165, 1.54) is 0 Å². The van der Waals surface area contributed by atoms with Crippen molar-refractivity contribution in [1.29, 1.82) is 0 Å². The second kappa shape index (κ2) is 8.63. The van der Waals surface area contributed by atoms with E-state index in [1.807, 2.05) is 0 Å². The van der Waals surface area contributed by atoms with Gasteiger partial charge in [0, 0.05) is 10.7 Å². The molecule has 0 amide bonds. The molecule has 0 aliphatic rings. The lowest BCUT2D eigenvalue weighted by Gasteiger charge is -2.44. The highest BCUT2D eigenvalue weighted by Gasteiger charge is 2.98. The molecule has 2 nitrogen and oxygen atoms in total. The van der Waals surface area contributed by atoms with E-state index in [0.717, 1.165) is 0 Å². The van der Waals surface area contributed by atoms with Crippen molar-refractivity contribution in [3.8, 4) is 0 Å². The molecule has 1 unspecified atom stereocenters. The molecule has 0 radical (unpaired) electrons. The van der Waals surface area contributed by atoms with Crippen LogP contribution in [0.5, 0.6) is 0 Å². The van der Waals surface area contributed by atoms with E-state index in [9.17, 15) is 101 Å². The normalized spacial score (nSPS) is 17.7. The Hall–Kier alpha value is -1.23. The van der Waals surface area contributed by atoms with Crippen LogP contribution in [0.3, 0.4) is 0 Å². The summed E-state index contributed by atoms with van der Waals surface area (Å²) in [6, 6.07) is 0. The zero-order valence-corrected chi connectivity index (χ0v) is 17.7. The van der Waals surface area contributed by atoms with Crippen LogP contribution in [0.4, 0.5) is 92.2 Å². The van der Waals surface area contributed by atoms with Gasteiger partial charge in [0.2, 0.25) is 9.05 Å². The maximum Gasteiger partial charge on any atom is 0.460 e. The third kappa shape index (κ3) is 4.43. The van der Waals surface area contributed by atoms with E-state index in [-0.39, 0.29) is 0 Å². The summed E-state index contributed by atoms with van der Waals surface area (Å²) in [5, 5.41) is -4.50. The van der Waals surface area contributed by atoms with E-state index >= 15 is 0 Å². The zero-order valence-electron chi connectivity index (χ0n) is 16.1. The molecule has 0 saturated heterocycles. The van der Waals surface area contributed by atoms with Crippen molar-refractivity contribution in [2.75, 3.05) is 0 Å². The predicted molar refractivity (Wildman–Crippen MR) is 74.8 cm³/mol. The summed E-state index contributed by atoms with van der Waals surface area (Å²) >= 11 is 0. The van der Waals surface area contributed by atoms with Crippen molar-refractivity contribution in [1.82, 2.24) is 0 Å². The standard InChI is InChI=1S/C12H4ClF21O2S/c1-2(37(13,35)36)3(14,15)4(16,17)5(18,19)6(20,21)7(22,23)8(24,25)9(26,27)10(28,29)11(30,31)12(32,33)34/h2H,1H3. The maximum atomic E-state index is 13.6. The van der Waals surface area contributed by atoms with Gasteiger partial charge in [-0.2, -0.15) is 92.2 Å². The molecule has 0 aromatic rings. The van der Waals surface area contributed by atoms with Crippen molar-refractivity contribution in [3.05, 3.63) is 0 Å². The summed E-state index contributed by atoms with van der Waals surface area (Å²) < 4.78 is 297. The molecule has 0 aromatic heterocycles. The molecule has 1 atom stereocenters. The van der Waals surface area contributed by atoms with E-state index in [0.29, 0.717) is 0 Å². The van der Waals surface area contributed by atoms with Gasteiger partial charge in [0.25, 0.3) is 0 Å². The highest BCUT2D eigenvalue weighted by molar-refractivity contribution is 8.14. The lowest BCUT2D eigenvalue weighted by Crippen LogP contribution is -2.77. The summed E-state index contributed by atoms with van der Waals surface area (Å²) in [6.07, 6.45) is -8.06. The molecular weight excluding hydrogens is 643 g/mol. The van der Waals surface area contributed by atoms with E-state index in [1.54, 1.807) is 0 Å². The fourth-order valence-electron chi connectivity index (χ4n) is 2.00. The van der Waals surface area contributed by atoms with Crippen molar-refractivity contribution < 1.29 is 101 Å². The van der Waals surface area contributed by atoms with E-state index in [4.69, 9.17) is 0 Å². The largest absolute Gasteiger partial charge is 0.460 e. The minimum absolute atomic E-state index is 0.787. The van der Waals surface area contributed by atoms with Crippen LogP contribution in [-0.4, -0.2) is 73.1 Å². The van der Waals surface area contributed by atoms with Crippen molar-refractivity contribution >= 4 is 19.7 Å². The van der Waals surface area contributed by atoms with Gasteiger partial charge in [-0.15, -0.1) is 0 Å². The summed E-state index contributed by atoms with van der Waals surface area (Å²) in [7, 11) is -2.16. The van der Waals surface area contributed by atoms with E-state index < -0.39 is 80.7 Å². The summed E-state index contributed by atoms with van der Waals surface area (Å²) in [4.78, 5) is 0. The van der Waals surface area contributed by atoms with Crippen LogP contribution in [0.25, 0.3) is 0 Å². The SMILES string of the molecule is CC(C(F)(F)C(F)(F)C(F)(F)C(F)(F)C(F)(F)C(F)(F)C(F)(F)C(F)(F)C(F)(F)C(F)(F)F)S(=O)(=O)Cl. The number of hydrogen-bond acceptors (Lipinski definition) is 2. The Morgan fingerprint density at radius 3 is 0.811 bits per heavy atom. The van der Waals surface area contributed by atoms with Crippen LogP contribution in [0, 0.1) is 0 Å². The van der Waals surface area contributed by atoms with Gasteiger partial charge in [0.15, 0.2) is 0 Å². The smallest absolute Gasteiger partial charge is 0.212 e. The van der Waals surface area contributed by atoms with Crippen LogP contribution in [0.1, 0.15) is 6.92 Å². The van der Waals surface area contributed by atoms with Gasteiger partial charge in [-0.1, -0.05) is 0 Å². The average Bonchev–Trinajstić information content (AvgIpc) is 2.64. The second-order valence-corrected chi connectivity index (χ2v) is 9.78. The zero-order chi connectivity index (χ0) is 31.1. The van der Waals surface area contributed by atoms with Crippen LogP contribution in [0.15, 0.2) is 0 Å². The molecule has 0 rings (SSSR count). The Morgan fingerprint density at radius 1 is 0.432 bits per heavy atom. The molecule has 37 heavy (non-hydrogen) atoms. The van der Waals surface area contributed by atoms with Crippen LogP contribution in [-0.2, 0) is 9.05 Å². The van der Waals surface area contributed by atoms with Gasteiger partial charge in [-0.05, 0) is 6.92 Å². The Balaban J connectivity index is 7.22. The highest BCUT2D eigenvalue weighted by atomic mass is 35.7. The van der Waals surface area contributed by atoms with Crippen LogP contribution < -0.4 is 0 Å². The topological polar surface area (TPSA) is 34.1 Å². The number of halogens is 22. The van der Waals surface area contributed by atoms with Gasteiger partial charge in [-0.3, -0.25) is 0 Å². The second-order valence-electron chi connectivity index (χ2n) is 6.83. The molecule has 0 aromatic carbocycles. The van der Waals surface area contributed by atoms with Gasteiger partial charge in [0.05, 0.1) is 0 Å². The molecule has 0 spiro atoms. The average molecular weight is 647 g/mol. The molecular formula is C12H4ClF21O2S. The van der Waals surface area contributed by atoms with Crippen molar-refractivity contribution in [3.63, 3.8) is 0 Å². The molecule has 0 aliphatic heterocycles. The first kappa shape index (κ1) is 35.8. The Bertz CT molecular complexity index is 965. The van der Waals surface area contributed by atoms with E-state index in [2.05, 4.69) is 10.7 Å². The molecule has 0 saturated carbocycles. The molecule has 0 N–H and O–H groups in total. The number of rotatable bonds is 10. The summed E-state index contributed by atoms with van der Waals surface area (Å²) in [5.41, 5.74) is 0. The monoisotopic (exact) mass is 646 g/mol. The molecule has 0 aliphatic carbocycles. The minimum Gasteiger partial charge on any atom is -0.212 e. The van der Waals surface area contributed by atoms with Crippen molar-refractivity contribution in [2.45, 2.75) is 71.7 Å². The Labute approximate surface area is 193 Å². The van der Waals surface area contributed by atoms with Gasteiger partial charge in [-0.25, -0.2) is 8.42 Å². The first-order chi connectivity index (χ1) is 15.4. The molecule has 0 fully saturated rings. The minimum atomic E-state index is -9.29. The molecule has 25 heteroatoms.